The van der Waals surface area contributed by atoms with Crippen LogP contribution >= 0.6 is 0 Å². The van der Waals surface area contributed by atoms with Gasteiger partial charge in [-0.05, 0) is 32.9 Å². The Hall–Kier alpha value is -3.32. The van der Waals surface area contributed by atoms with Crippen LogP contribution in [0.15, 0.2) is 29.4 Å². The SMILES string of the molecule is CCOCCOc1cccc([N+](=O)[O-])c1NS(=O)(=O)c1nc2nc(C)cc(C)n2n1. The number of ether oxygens (including phenoxy) is 2. The van der Waals surface area contributed by atoms with Gasteiger partial charge in [0.2, 0.25) is 0 Å². The number of nitro groups is 1. The second kappa shape index (κ2) is 8.59. The summed E-state index contributed by atoms with van der Waals surface area (Å²) in [7, 11) is -4.37. The lowest BCUT2D eigenvalue weighted by atomic mass is 10.2. The van der Waals surface area contributed by atoms with Crippen LogP contribution in [0.4, 0.5) is 11.4 Å². The standard InChI is InChI=1S/C17H20N6O6S/c1-4-28-8-9-29-14-7-5-6-13(23(24)25)15(14)21-30(26,27)17-19-16-18-11(2)10-12(3)22(16)20-17/h5-7,10,21H,4,8-9H2,1-3H3. The normalized spacial score (nSPS) is 11.6. The van der Waals surface area contributed by atoms with Crippen LogP contribution in [0.1, 0.15) is 18.3 Å². The predicted octanol–water partition coefficient (Wildman–Crippen LogP) is 1.87. The van der Waals surface area contributed by atoms with Crippen LogP contribution in [0.25, 0.3) is 5.78 Å². The number of sulfonamides is 1. The predicted molar refractivity (Wildman–Crippen MR) is 106 cm³/mol. The summed E-state index contributed by atoms with van der Waals surface area (Å²) in [5, 5.41) is 14.8. The first kappa shape index (κ1) is 21.4. The van der Waals surface area contributed by atoms with Crippen molar-refractivity contribution in [3.8, 4) is 5.75 Å². The van der Waals surface area contributed by atoms with Gasteiger partial charge in [-0.1, -0.05) is 6.07 Å². The van der Waals surface area contributed by atoms with Crippen molar-refractivity contribution < 1.29 is 22.8 Å². The Labute approximate surface area is 172 Å². The van der Waals surface area contributed by atoms with Crippen LogP contribution in [-0.4, -0.2) is 52.7 Å². The first-order chi connectivity index (χ1) is 14.2. The molecule has 160 valence electrons. The number of aromatic nitrogens is 4. The van der Waals surface area contributed by atoms with Crippen LogP contribution in [-0.2, 0) is 14.8 Å². The molecule has 0 bridgehead atoms. The third-order valence-electron chi connectivity index (χ3n) is 3.97. The third kappa shape index (κ3) is 4.46. The number of nitro benzene ring substituents is 1. The zero-order valence-electron chi connectivity index (χ0n) is 16.5. The van der Waals surface area contributed by atoms with Crippen molar-refractivity contribution in [2.24, 2.45) is 0 Å². The highest BCUT2D eigenvalue weighted by Gasteiger charge is 2.28. The highest BCUT2D eigenvalue weighted by atomic mass is 32.2. The first-order valence-electron chi connectivity index (χ1n) is 8.94. The molecular formula is C17H20N6O6S. The number of rotatable bonds is 9. The minimum atomic E-state index is -4.37. The summed E-state index contributed by atoms with van der Waals surface area (Å²) >= 11 is 0. The van der Waals surface area contributed by atoms with Gasteiger partial charge in [-0.3, -0.25) is 14.8 Å². The molecule has 1 N–H and O–H groups in total. The van der Waals surface area contributed by atoms with E-state index in [9.17, 15) is 18.5 Å². The Morgan fingerprint density at radius 3 is 2.70 bits per heavy atom. The molecule has 0 saturated heterocycles. The number of anilines is 1. The van der Waals surface area contributed by atoms with Crippen molar-refractivity contribution in [2.75, 3.05) is 24.5 Å². The van der Waals surface area contributed by atoms with Crippen molar-refractivity contribution in [3.05, 3.63) is 45.8 Å². The van der Waals surface area contributed by atoms with Crippen LogP contribution in [0, 0.1) is 24.0 Å². The van der Waals surface area contributed by atoms with Crippen molar-refractivity contribution in [1.29, 1.82) is 0 Å². The monoisotopic (exact) mass is 436 g/mol. The molecule has 13 heteroatoms. The van der Waals surface area contributed by atoms with Gasteiger partial charge in [0.25, 0.3) is 26.6 Å². The Morgan fingerprint density at radius 1 is 1.23 bits per heavy atom. The third-order valence-corrected chi connectivity index (χ3v) is 5.09. The molecule has 1 aromatic carbocycles. The molecule has 2 aromatic heterocycles. The van der Waals surface area contributed by atoms with Gasteiger partial charge in [-0.25, -0.2) is 9.50 Å². The van der Waals surface area contributed by atoms with Crippen molar-refractivity contribution in [2.45, 2.75) is 25.9 Å². The maximum atomic E-state index is 12.9. The van der Waals surface area contributed by atoms with E-state index in [1.165, 1.54) is 22.7 Å². The van der Waals surface area contributed by atoms with Gasteiger partial charge < -0.3 is 9.47 Å². The Bertz CT molecular complexity index is 1190. The minimum Gasteiger partial charge on any atom is -0.489 e. The molecule has 0 amide bonds. The fraction of sp³-hybridized carbons (Fsp3) is 0.353. The summed E-state index contributed by atoms with van der Waals surface area (Å²) in [6.07, 6.45) is 0. The second-order valence-electron chi connectivity index (χ2n) is 6.20. The number of hydrogen-bond donors (Lipinski definition) is 1. The van der Waals surface area contributed by atoms with Gasteiger partial charge in [0.05, 0.1) is 11.5 Å². The van der Waals surface area contributed by atoms with Crippen molar-refractivity contribution in [3.63, 3.8) is 0 Å². The van der Waals surface area contributed by atoms with Crippen LogP contribution < -0.4 is 9.46 Å². The molecule has 2 heterocycles. The summed E-state index contributed by atoms with van der Waals surface area (Å²) < 4.78 is 39.9. The largest absolute Gasteiger partial charge is 0.489 e. The molecular weight excluding hydrogens is 416 g/mol. The first-order valence-corrected chi connectivity index (χ1v) is 10.4. The Morgan fingerprint density at radius 2 is 2.00 bits per heavy atom. The van der Waals surface area contributed by atoms with Gasteiger partial charge in [0.1, 0.15) is 6.61 Å². The van der Waals surface area contributed by atoms with E-state index in [1.807, 2.05) is 6.92 Å². The van der Waals surface area contributed by atoms with E-state index in [4.69, 9.17) is 9.47 Å². The number of benzene rings is 1. The van der Waals surface area contributed by atoms with E-state index < -0.39 is 25.8 Å². The number of hydrogen-bond acceptors (Lipinski definition) is 9. The molecule has 0 atom stereocenters. The van der Waals surface area contributed by atoms with Gasteiger partial charge >= 0.3 is 0 Å². The van der Waals surface area contributed by atoms with Gasteiger partial charge in [0, 0.05) is 24.1 Å². The molecule has 12 nitrogen and oxygen atoms in total. The number of nitrogens with one attached hydrogen (secondary N) is 1. The molecule has 0 aliphatic carbocycles. The van der Waals surface area contributed by atoms with Crippen LogP contribution in [0.3, 0.4) is 0 Å². The van der Waals surface area contributed by atoms with E-state index in [0.29, 0.717) is 18.0 Å². The van der Waals surface area contributed by atoms with Crippen LogP contribution in [0.5, 0.6) is 5.75 Å². The molecule has 0 radical (unpaired) electrons. The minimum absolute atomic E-state index is 0.0126. The van der Waals surface area contributed by atoms with E-state index in [0.717, 1.165) is 0 Å². The molecule has 0 fully saturated rings. The molecule has 0 aliphatic heterocycles. The van der Waals surface area contributed by atoms with E-state index in [2.05, 4.69) is 19.8 Å². The average molecular weight is 436 g/mol. The van der Waals surface area contributed by atoms with E-state index in [1.54, 1.807) is 19.9 Å². The van der Waals surface area contributed by atoms with Crippen molar-refractivity contribution in [1.82, 2.24) is 19.6 Å². The smallest absolute Gasteiger partial charge is 0.299 e. The lowest BCUT2D eigenvalue weighted by Gasteiger charge is -2.12. The lowest BCUT2D eigenvalue weighted by molar-refractivity contribution is -0.384. The maximum absolute atomic E-state index is 12.9. The van der Waals surface area contributed by atoms with Crippen LogP contribution in [0.2, 0.25) is 0 Å². The molecule has 0 aliphatic rings. The molecule has 3 aromatic rings. The summed E-state index contributed by atoms with van der Waals surface area (Å²) in [5.74, 6) is 0.0880. The summed E-state index contributed by atoms with van der Waals surface area (Å²) in [6, 6.07) is 5.70. The molecule has 0 unspecified atom stereocenters. The topological polar surface area (TPSA) is 151 Å². The average Bonchev–Trinajstić information content (AvgIpc) is 3.11. The van der Waals surface area contributed by atoms with Gasteiger partial charge in [-0.15, -0.1) is 5.10 Å². The Balaban J connectivity index is 1.99. The zero-order chi connectivity index (χ0) is 21.9. The summed E-state index contributed by atoms with van der Waals surface area (Å²) in [6.45, 7) is 6.08. The fourth-order valence-corrected chi connectivity index (χ4v) is 3.65. The number of para-hydroxylation sites is 1. The van der Waals surface area contributed by atoms with Crippen molar-refractivity contribution >= 4 is 27.2 Å². The zero-order valence-corrected chi connectivity index (χ0v) is 17.3. The molecule has 30 heavy (non-hydrogen) atoms. The molecule has 0 saturated carbocycles. The van der Waals surface area contributed by atoms with Gasteiger partial charge in [0.15, 0.2) is 11.4 Å². The molecule has 0 spiro atoms. The van der Waals surface area contributed by atoms with E-state index >= 15 is 0 Å². The van der Waals surface area contributed by atoms with Gasteiger partial charge in [-0.2, -0.15) is 13.4 Å². The Kier molecular flexibility index (Phi) is 6.12. The highest BCUT2D eigenvalue weighted by molar-refractivity contribution is 7.92. The fourth-order valence-electron chi connectivity index (χ4n) is 2.69. The molecule has 3 rings (SSSR count). The number of nitrogens with zero attached hydrogens (tertiary/aromatic N) is 5. The maximum Gasteiger partial charge on any atom is 0.299 e. The number of aryl methyl sites for hydroxylation is 2. The number of fused-ring (bicyclic) bond motifs is 1. The highest BCUT2D eigenvalue weighted by Crippen LogP contribution is 2.35. The lowest BCUT2D eigenvalue weighted by Crippen LogP contribution is -2.17. The summed E-state index contributed by atoms with van der Waals surface area (Å²) in [4.78, 5) is 18.8. The quantitative estimate of drug-likeness (QED) is 0.301. The summed E-state index contributed by atoms with van der Waals surface area (Å²) in [5.41, 5.74) is 0.491. The van der Waals surface area contributed by atoms with E-state index in [-0.39, 0.29) is 30.4 Å². The second-order valence-corrected chi connectivity index (χ2v) is 7.78.